The van der Waals surface area contributed by atoms with Crippen molar-refractivity contribution in [3.8, 4) is 0 Å². The van der Waals surface area contributed by atoms with E-state index in [0.717, 1.165) is 12.8 Å². The highest BCUT2D eigenvalue weighted by Gasteiger charge is 2.44. The topological polar surface area (TPSA) is 58.2 Å². The van der Waals surface area contributed by atoms with Crippen LogP contribution in [0.3, 0.4) is 0 Å². The second kappa shape index (κ2) is 7.69. The van der Waals surface area contributed by atoms with Crippen molar-refractivity contribution in [1.29, 1.82) is 0 Å². The molecule has 4 heteroatoms. The Morgan fingerprint density at radius 3 is 2.04 bits per heavy atom. The van der Waals surface area contributed by atoms with E-state index in [1.807, 2.05) is 42.5 Å². The summed E-state index contributed by atoms with van der Waals surface area (Å²) in [4.78, 5) is 25.3. The molecule has 0 spiro atoms. The zero-order valence-electron chi connectivity index (χ0n) is 15.5. The zero-order valence-corrected chi connectivity index (χ0v) is 15.5. The van der Waals surface area contributed by atoms with E-state index in [1.54, 1.807) is 30.3 Å². The number of carbonyl (C=O) groups is 2. The van der Waals surface area contributed by atoms with E-state index in [2.05, 4.69) is 22.8 Å². The summed E-state index contributed by atoms with van der Waals surface area (Å²) in [5.74, 6) is -0.407. The number of anilines is 1. The summed E-state index contributed by atoms with van der Waals surface area (Å²) in [6.07, 6.45) is 2.15. The van der Waals surface area contributed by atoms with Gasteiger partial charge in [-0.2, -0.15) is 0 Å². The summed E-state index contributed by atoms with van der Waals surface area (Å²) >= 11 is 0. The minimum absolute atomic E-state index is 0.0408. The zero-order chi connectivity index (χ0) is 19.4. The number of benzene rings is 3. The van der Waals surface area contributed by atoms with Crippen LogP contribution in [0.5, 0.6) is 0 Å². The van der Waals surface area contributed by atoms with E-state index < -0.39 is 0 Å². The van der Waals surface area contributed by atoms with Crippen LogP contribution in [0.2, 0.25) is 0 Å². The van der Waals surface area contributed by atoms with Gasteiger partial charge in [0.1, 0.15) is 0 Å². The fourth-order valence-corrected chi connectivity index (χ4v) is 3.43. The van der Waals surface area contributed by atoms with E-state index >= 15 is 0 Å². The van der Waals surface area contributed by atoms with Gasteiger partial charge in [-0.1, -0.05) is 60.7 Å². The predicted molar refractivity (Wildman–Crippen MR) is 111 cm³/mol. The molecule has 0 atom stereocenters. The number of nitrogens with one attached hydrogen (secondary N) is 2. The van der Waals surface area contributed by atoms with Crippen LogP contribution in [0.25, 0.3) is 0 Å². The first-order valence-corrected chi connectivity index (χ1v) is 9.47. The first-order chi connectivity index (χ1) is 13.7. The molecule has 3 aromatic rings. The maximum absolute atomic E-state index is 12.8. The van der Waals surface area contributed by atoms with E-state index in [1.165, 1.54) is 5.56 Å². The van der Waals surface area contributed by atoms with Crippen LogP contribution < -0.4 is 10.6 Å². The van der Waals surface area contributed by atoms with Crippen molar-refractivity contribution in [2.45, 2.75) is 18.3 Å². The molecule has 4 nitrogen and oxygen atoms in total. The number of hydrogen-bond donors (Lipinski definition) is 2. The molecule has 0 radical (unpaired) electrons. The van der Waals surface area contributed by atoms with Gasteiger partial charge in [0.2, 0.25) is 0 Å². The Kier molecular flexibility index (Phi) is 4.94. The highest BCUT2D eigenvalue weighted by Crippen LogP contribution is 2.47. The fourth-order valence-electron chi connectivity index (χ4n) is 3.43. The summed E-state index contributed by atoms with van der Waals surface area (Å²) in [6.45, 7) is 0.594. The molecule has 4 rings (SSSR count). The molecule has 0 saturated heterocycles. The monoisotopic (exact) mass is 370 g/mol. The summed E-state index contributed by atoms with van der Waals surface area (Å²) in [6, 6.07) is 26.4. The van der Waals surface area contributed by atoms with Gasteiger partial charge in [0.25, 0.3) is 11.8 Å². The Hall–Kier alpha value is -3.40. The molecule has 1 fully saturated rings. The van der Waals surface area contributed by atoms with Gasteiger partial charge in [0.05, 0.1) is 11.3 Å². The lowest BCUT2D eigenvalue weighted by Gasteiger charge is -2.17. The highest BCUT2D eigenvalue weighted by molar-refractivity contribution is 6.09. The first kappa shape index (κ1) is 18.0. The number of amides is 2. The van der Waals surface area contributed by atoms with Crippen molar-refractivity contribution in [2.24, 2.45) is 0 Å². The molecule has 0 aliphatic heterocycles. The molecule has 0 bridgehead atoms. The molecule has 2 N–H and O–H groups in total. The van der Waals surface area contributed by atoms with Crippen LogP contribution in [0, 0.1) is 0 Å². The molecule has 0 unspecified atom stereocenters. The van der Waals surface area contributed by atoms with Crippen molar-refractivity contribution in [3.63, 3.8) is 0 Å². The Morgan fingerprint density at radius 2 is 1.36 bits per heavy atom. The number of carbonyl (C=O) groups excluding carboxylic acids is 2. The van der Waals surface area contributed by atoms with E-state index in [4.69, 9.17) is 0 Å². The lowest BCUT2D eigenvalue weighted by molar-refractivity contribution is 0.0950. The third-order valence-corrected chi connectivity index (χ3v) is 5.28. The van der Waals surface area contributed by atoms with Gasteiger partial charge in [-0.05, 0) is 42.7 Å². The molecule has 1 saturated carbocycles. The quantitative estimate of drug-likeness (QED) is 0.676. The van der Waals surface area contributed by atoms with Crippen molar-refractivity contribution >= 4 is 17.5 Å². The smallest absolute Gasteiger partial charge is 0.255 e. The van der Waals surface area contributed by atoms with Crippen molar-refractivity contribution < 1.29 is 9.59 Å². The van der Waals surface area contributed by atoms with E-state index in [-0.39, 0.29) is 17.2 Å². The van der Waals surface area contributed by atoms with Gasteiger partial charge in [0, 0.05) is 17.5 Å². The van der Waals surface area contributed by atoms with Crippen molar-refractivity contribution in [2.75, 3.05) is 11.9 Å². The molecule has 0 heterocycles. The molecule has 2 amide bonds. The molecular formula is C24H22N2O2. The van der Waals surface area contributed by atoms with Crippen molar-refractivity contribution in [1.82, 2.24) is 5.32 Å². The minimum Gasteiger partial charge on any atom is -0.351 e. The van der Waals surface area contributed by atoms with Crippen LogP contribution in [-0.4, -0.2) is 18.4 Å². The average molecular weight is 370 g/mol. The molecule has 140 valence electrons. The number of para-hydroxylation sites is 1. The maximum atomic E-state index is 12.8. The first-order valence-electron chi connectivity index (χ1n) is 9.47. The molecule has 28 heavy (non-hydrogen) atoms. The SMILES string of the molecule is O=C(Nc1ccccc1C(=O)NCC1(c2ccccc2)CC1)c1ccccc1. The predicted octanol–water partition coefficient (Wildman–Crippen LogP) is 4.40. The highest BCUT2D eigenvalue weighted by atomic mass is 16.2. The molecule has 1 aliphatic rings. The third kappa shape index (κ3) is 3.81. The third-order valence-electron chi connectivity index (χ3n) is 5.28. The van der Waals surface area contributed by atoms with E-state index in [9.17, 15) is 9.59 Å². The Bertz CT molecular complexity index is 980. The summed E-state index contributed by atoms with van der Waals surface area (Å²) in [5, 5.41) is 5.92. The van der Waals surface area contributed by atoms with Gasteiger partial charge >= 0.3 is 0 Å². The second-order valence-corrected chi connectivity index (χ2v) is 7.19. The lowest BCUT2D eigenvalue weighted by Crippen LogP contribution is -2.32. The number of rotatable bonds is 6. The van der Waals surface area contributed by atoms with Crippen LogP contribution in [0.4, 0.5) is 5.69 Å². The van der Waals surface area contributed by atoms with Crippen molar-refractivity contribution in [3.05, 3.63) is 102 Å². The summed E-state index contributed by atoms with van der Waals surface area (Å²) < 4.78 is 0. The Balaban J connectivity index is 1.46. The van der Waals surface area contributed by atoms with Crippen LogP contribution >= 0.6 is 0 Å². The van der Waals surface area contributed by atoms with Gasteiger partial charge in [0.15, 0.2) is 0 Å². The normalized spacial score (nSPS) is 14.1. The lowest BCUT2D eigenvalue weighted by atomic mass is 9.96. The Morgan fingerprint density at radius 1 is 0.750 bits per heavy atom. The standard InChI is InChI=1S/C24H22N2O2/c27-22(18-9-3-1-4-10-18)26-21-14-8-7-13-20(21)23(28)25-17-24(15-16-24)19-11-5-2-6-12-19/h1-14H,15-17H2,(H,25,28)(H,26,27). The van der Waals surface area contributed by atoms with Gasteiger partial charge in [-0.3, -0.25) is 9.59 Å². The fraction of sp³-hybridized carbons (Fsp3) is 0.167. The largest absolute Gasteiger partial charge is 0.351 e. The summed E-state index contributed by atoms with van der Waals surface area (Å²) in [7, 11) is 0. The van der Waals surface area contributed by atoms with Crippen LogP contribution in [0.1, 0.15) is 39.1 Å². The second-order valence-electron chi connectivity index (χ2n) is 7.19. The van der Waals surface area contributed by atoms with Crippen LogP contribution in [0.15, 0.2) is 84.9 Å². The molecule has 0 aromatic heterocycles. The summed E-state index contributed by atoms with van der Waals surface area (Å²) in [5.41, 5.74) is 2.84. The van der Waals surface area contributed by atoms with Gasteiger partial charge in [-0.25, -0.2) is 0 Å². The average Bonchev–Trinajstić information content (AvgIpc) is 3.55. The molecule has 3 aromatic carbocycles. The van der Waals surface area contributed by atoms with E-state index in [0.29, 0.717) is 23.4 Å². The Labute approximate surface area is 164 Å². The number of hydrogen-bond acceptors (Lipinski definition) is 2. The van der Waals surface area contributed by atoms with Gasteiger partial charge in [-0.15, -0.1) is 0 Å². The van der Waals surface area contributed by atoms with Crippen LogP contribution in [-0.2, 0) is 5.41 Å². The van der Waals surface area contributed by atoms with Gasteiger partial charge < -0.3 is 10.6 Å². The minimum atomic E-state index is -0.233. The molecular weight excluding hydrogens is 348 g/mol. The molecule has 1 aliphatic carbocycles. The maximum Gasteiger partial charge on any atom is 0.255 e.